The number of rotatable bonds is 3. The zero-order valence-corrected chi connectivity index (χ0v) is 8.25. The smallest absolute Gasteiger partial charge is 0.165 e. The molecule has 1 N–H and O–H groups in total. The molecule has 68 valence electrons. The molecule has 0 aliphatic rings. The minimum absolute atomic E-state index is 0.0281. The Morgan fingerprint density at radius 2 is 2.33 bits per heavy atom. The maximum absolute atomic E-state index is 8.95. The Morgan fingerprint density at radius 3 is 2.83 bits per heavy atom. The van der Waals surface area contributed by atoms with E-state index >= 15 is 0 Å². The molecule has 0 saturated heterocycles. The summed E-state index contributed by atoms with van der Waals surface area (Å²) in [6.45, 7) is 5.12. The zero-order chi connectivity index (χ0) is 9.14. The first-order chi connectivity index (χ1) is 5.65. The van der Waals surface area contributed by atoms with Gasteiger partial charge in [0.05, 0.1) is 18.5 Å². The van der Waals surface area contributed by atoms with E-state index in [1.807, 2.05) is 4.57 Å². The van der Waals surface area contributed by atoms with Crippen molar-refractivity contribution in [3.8, 4) is 0 Å². The fraction of sp³-hybridized carbons (Fsp3) is 0.625. The summed E-state index contributed by atoms with van der Waals surface area (Å²) in [6, 6.07) is 0. The number of nitrogens with zero attached hydrogens (tertiary/aromatic N) is 2. The molecule has 1 aromatic heterocycles. The van der Waals surface area contributed by atoms with Crippen molar-refractivity contribution in [2.45, 2.75) is 32.2 Å². The highest BCUT2D eigenvalue weighted by molar-refractivity contribution is 7.80. The number of aliphatic hydroxyl groups excluding tert-OH is 1. The van der Waals surface area contributed by atoms with Crippen LogP contribution in [-0.2, 0) is 13.2 Å². The molecule has 4 heteroatoms. The van der Waals surface area contributed by atoms with E-state index in [0.717, 1.165) is 12.2 Å². The zero-order valence-electron chi connectivity index (χ0n) is 7.36. The number of aromatic nitrogens is 2. The van der Waals surface area contributed by atoms with Crippen molar-refractivity contribution in [2.75, 3.05) is 0 Å². The first kappa shape index (κ1) is 9.61. The highest BCUT2D eigenvalue weighted by Crippen LogP contribution is 2.11. The normalized spacial score (nSPS) is 11.1. The average molecular weight is 186 g/mol. The second kappa shape index (κ2) is 3.96. The van der Waals surface area contributed by atoms with Crippen molar-refractivity contribution in [3.63, 3.8) is 0 Å². The van der Waals surface area contributed by atoms with Crippen molar-refractivity contribution in [1.29, 1.82) is 0 Å². The Balaban J connectivity index is 2.86. The summed E-state index contributed by atoms with van der Waals surface area (Å²) in [7, 11) is 0. The van der Waals surface area contributed by atoms with E-state index in [9.17, 15) is 0 Å². The molecule has 0 atom stereocenters. The van der Waals surface area contributed by atoms with E-state index in [1.54, 1.807) is 6.20 Å². The summed E-state index contributed by atoms with van der Waals surface area (Å²) < 4.78 is 1.92. The van der Waals surface area contributed by atoms with Gasteiger partial charge in [0, 0.05) is 6.54 Å². The van der Waals surface area contributed by atoms with Crippen LogP contribution < -0.4 is 0 Å². The van der Waals surface area contributed by atoms with E-state index in [0.29, 0.717) is 11.1 Å². The van der Waals surface area contributed by atoms with Gasteiger partial charge in [-0.15, -0.1) is 12.6 Å². The standard InChI is InChI=1S/C8H14N2OS/c1-6(2)4-10-7(5-11)3-9-8(10)12/h3,6,11H,4-5H2,1-2H3,(H,9,12). The van der Waals surface area contributed by atoms with Crippen LogP contribution in [0, 0.1) is 5.92 Å². The van der Waals surface area contributed by atoms with Gasteiger partial charge in [0.2, 0.25) is 0 Å². The van der Waals surface area contributed by atoms with Crippen molar-refractivity contribution >= 4 is 12.6 Å². The predicted octanol–water partition coefficient (Wildman–Crippen LogP) is 1.32. The van der Waals surface area contributed by atoms with Crippen LogP contribution in [0.4, 0.5) is 0 Å². The molecule has 1 heterocycles. The van der Waals surface area contributed by atoms with Crippen molar-refractivity contribution < 1.29 is 5.11 Å². The summed E-state index contributed by atoms with van der Waals surface area (Å²) in [5.41, 5.74) is 0.828. The van der Waals surface area contributed by atoms with Gasteiger partial charge in [-0.05, 0) is 5.92 Å². The van der Waals surface area contributed by atoms with Gasteiger partial charge in [-0.25, -0.2) is 4.98 Å². The van der Waals surface area contributed by atoms with E-state index < -0.39 is 0 Å². The van der Waals surface area contributed by atoms with E-state index in [1.165, 1.54) is 0 Å². The number of aliphatic hydroxyl groups is 1. The van der Waals surface area contributed by atoms with Crippen LogP contribution in [-0.4, -0.2) is 14.7 Å². The maximum Gasteiger partial charge on any atom is 0.165 e. The summed E-state index contributed by atoms with van der Waals surface area (Å²) in [5, 5.41) is 9.62. The molecule has 0 aliphatic heterocycles. The van der Waals surface area contributed by atoms with Crippen LogP contribution in [0.5, 0.6) is 0 Å². The van der Waals surface area contributed by atoms with Gasteiger partial charge in [0.25, 0.3) is 0 Å². The molecule has 0 saturated carbocycles. The van der Waals surface area contributed by atoms with Crippen molar-refractivity contribution in [3.05, 3.63) is 11.9 Å². The minimum Gasteiger partial charge on any atom is -0.390 e. The second-order valence-electron chi connectivity index (χ2n) is 3.21. The van der Waals surface area contributed by atoms with E-state index in [-0.39, 0.29) is 6.61 Å². The fourth-order valence-electron chi connectivity index (χ4n) is 1.09. The lowest BCUT2D eigenvalue weighted by molar-refractivity contribution is 0.266. The molecular weight excluding hydrogens is 172 g/mol. The number of thiol groups is 1. The predicted molar refractivity (Wildman–Crippen MR) is 50.2 cm³/mol. The molecule has 0 spiro atoms. The monoisotopic (exact) mass is 186 g/mol. The molecule has 1 aromatic rings. The van der Waals surface area contributed by atoms with E-state index in [2.05, 4.69) is 31.5 Å². The molecule has 0 amide bonds. The third-order valence-electron chi connectivity index (χ3n) is 1.63. The van der Waals surface area contributed by atoms with Gasteiger partial charge in [-0.1, -0.05) is 13.8 Å². The Bertz CT molecular complexity index is 258. The first-order valence-electron chi connectivity index (χ1n) is 3.99. The highest BCUT2D eigenvalue weighted by atomic mass is 32.1. The van der Waals surface area contributed by atoms with Gasteiger partial charge in [0.15, 0.2) is 5.16 Å². The molecule has 0 unspecified atom stereocenters. The molecular formula is C8H14N2OS. The lowest BCUT2D eigenvalue weighted by Crippen LogP contribution is -2.08. The number of hydrogen-bond donors (Lipinski definition) is 2. The SMILES string of the molecule is CC(C)Cn1c(CO)cnc1S. The number of hydrogen-bond acceptors (Lipinski definition) is 3. The molecule has 0 fully saturated rings. The van der Waals surface area contributed by atoms with Crippen molar-refractivity contribution in [2.24, 2.45) is 5.92 Å². The summed E-state index contributed by atoms with van der Waals surface area (Å²) in [5.74, 6) is 0.537. The molecule has 0 aliphatic carbocycles. The van der Waals surface area contributed by atoms with Crippen LogP contribution in [0.15, 0.2) is 11.4 Å². The molecule has 12 heavy (non-hydrogen) atoms. The second-order valence-corrected chi connectivity index (χ2v) is 3.61. The Labute approximate surface area is 77.8 Å². The molecule has 0 bridgehead atoms. The quantitative estimate of drug-likeness (QED) is 0.699. The van der Waals surface area contributed by atoms with Gasteiger partial charge < -0.3 is 9.67 Å². The van der Waals surface area contributed by atoms with Crippen LogP contribution >= 0.6 is 12.6 Å². The topological polar surface area (TPSA) is 38.0 Å². The summed E-state index contributed by atoms with van der Waals surface area (Å²) in [4.78, 5) is 4.01. The van der Waals surface area contributed by atoms with Gasteiger partial charge in [-0.3, -0.25) is 0 Å². The largest absolute Gasteiger partial charge is 0.390 e. The van der Waals surface area contributed by atoms with Crippen LogP contribution in [0.1, 0.15) is 19.5 Å². The lowest BCUT2D eigenvalue weighted by atomic mass is 10.2. The van der Waals surface area contributed by atoms with Crippen LogP contribution in [0.2, 0.25) is 0 Å². The fourth-order valence-corrected chi connectivity index (χ4v) is 1.36. The van der Waals surface area contributed by atoms with Crippen molar-refractivity contribution in [1.82, 2.24) is 9.55 Å². The summed E-state index contributed by atoms with van der Waals surface area (Å²) >= 11 is 4.19. The highest BCUT2D eigenvalue weighted by Gasteiger charge is 2.06. The Morgan fingerprint density at radius 1 is 1.67 bits per heavy atom. The molecule has 0 radical (unpaired) electrons. The molecule has 1 rings (SSSR count). The minimum atomic E-state index is 0.0281. The van der Waals surface area contributed by atoms with Gasteiger partial charge >= 0.3 is 0 Å². The first-order valence-corrected chi connectivity index (χ1v) is 4.44. The van der Waals surface area contributed by atoms with Crippen LogP contribution in [0.25, 0.3) is 0 Å². The maximum atomic E-state index is 8.95. The average Bonchev–Trinajstić information content (AvgIpc) is 2.32. The Hall–Kier alpha value is -0.480. The van der Waals surface area contributed by atoms with Gasteiger partial charge in [0.1, 0.15) is 0 Å². The summed E-state index contributed by atoms with van der Waals surface area (Å²) in [6.07, 6.45) is 1.66. The number of imidazole rings is 1. The molecule has 3 nitrogen and oxygen atoms in total. The van der Waals surface area contributed by atoms with Gasteiger partial charge in [-0.2, -0.15) is 0 Å². The Kier molecular flexibility index (Phi) is 3.17. The van der Waals surface area contributed by atoms with Crippen LogP contribution in [0.3, 0.4) is 0 Å². The van der Waals surface area contributed by atoms with E-state index in [4.69, 9.17) is 5.11 Å². The third kappa shape index (κ3) is 2.01. The third-order valence-corrected chi connectivity index (χ3v) is 1.98. The molecule has 0 aromatic carbocycles. The lowest BCUT2D eigenvalue weighted by Gasteiger charge is -2.10.